The fourth-order valence-electron chi connectivity index (χ4n) is 4.06. The van der Waals surface area contributed by atoms with E-state index in [1.54, 1.807) is 12.1 Å². The predicted molar refractivity (Wildman–Crippen MR) is 115 cm³/mol. The van der Waals surface area contributed by atoms with E-state index in [4.69, 9.17) is 0 Å². The standard InChI is InChI=1S/C23H27FN4O2/c24-18-7-9-19(10-8-18)26-13-15-27(16-14-26)22(29)17-25-21-6-2-1-5-20(21)23(30)28-11-3-4-12-28/h1-2,5-10,25H,3-4,11-17H2. The summed E-state index contributed by atoms with van der Waals surface area (Å²) in [6.45, 7) is 4.40. The molecule has 0 unspecified atom stereocenters. The van der Waals surface area contributed by atoms with Gasteiger partial charge in [0, 0.05) is 50.6 Å². The first kappa shape index (κ1) is 20.2. The molecule has 2 amide bonds. The second-order valence-corrected chi connectivity index (χ2v) is 7.74. The van der Waals surface area contributed by atoms with Gasteiger partial charge >= 0.3 is 0 Å². The molecule has 2 fully saturated rings. The average Bonchev–Trinajstić information content (AvgIpc) is 3.33. The van der Waals surface area contributed by atoms with Crippen molar-refractivity contribution in [2.75, 3.05) is 56.0 Å². The highest BCUT2D eigenvalue weighted by atomic mass is 19.1. The maximum atomic E-state index is 13.1. The molecule has 158 valence electrons. The molecule has 0 atom stereocenters. The number of nitrogens with zero attached hydrogens (tertiary/aromatic N) is 3. The summed E-state index contributed by atoms with van der Waals surface area (Å²) >= 11 is 0. The number of halogens is 1. The quantitative estimate of drug-likeness (QED) is 0.824. The van der Waals surface area contributed by atoms with E-state index in [0.29, 0.717) is 37.4 Å². The molecule has 4 rings (SSSR count). The highest BCUT2D eigenvalue weighted by Crippen LogP contribution is 2.21. The number of benzene rings is 2. The van der Waals surface area contributed by atoms with E-state index in [1.165, 1.54) is 12.1 Å². The molecule has 1 N–H and O–H groups in total. The van der Waals surface area contributed by atoms with Crippen LogP contribution in [0.5, 0.6) is 0 Å². The Balaban J connectivity index is 1.31. The van der Waals surface area contributed by atoms with Gasteiger partial charge in [-0.2, -0.15) is 0 Å². The van der Waals surface area contributed by atoms with Gasteiger partial charge in [0.15, 0.2) is 0 Å². The molecule has 0 aliphatic carbocycles. The number of carbonyl (C=O) groups is 2. The van der Waals surface area contributed by atoms with Crippen molar-refractivity contribution in [3.05, 3.63) is 59.9 Å². The minimum Gasteiger partial charge on any atom is -0.376 e. The Morgan fingerprint density at radius 2 is 1.50 bits per heavy atom. The fourth-order valence-corrected chi connectivity index (χ4v) is 4.06. The summed E-state index contributed by atoms with van der Waals surface area (Å²) in [6.07, 6.45) is 2.09. The molecule has 2 aliphatic heterocycles. The Kier molecular flexibility index (Phi) is 6.16. The van der Waals surface area contributed by atoms with Gasteiger partial charge in [0.2, 0.25) is 5.91 Å². The van der Waals surface area contributed by atoms with Crippen LogP contribution in [0, 0.1) is 5.82 Å². The normalized spacial score (nSPS) is 16.6. The molecule has 2 saturated heterocycles. The van der Waals surface area contributed by atoms with Crippen molar-refractivity contribution in [3.8, 4) is 0 Å². The number of piperazine rings is 1. The molecule has 2 heterocycles. The summed E-state index contributed by atoms with van der Waals surface area (Å²) in [5, 5.41) is 3.17. The molecular weight excluding hydrogens is 383 g/mol. The van der Waals surface area contributed by atoms with Gasteiger partial charge in [-0.1, -0.05) is 12.1 Å². The second-order valence-electron chi connectivity index (χ2n) is 7.74. The summed E-state index contributed by atoms with van der Waals surface area (Å²) in [6, 6.07) is 13.8. The molecule has 2 aromatic carbocycles. The van der Waals surface area contributed by atoms with Gasteiger partial charge in [-0.05, 0) is 49.2 Å². The third kappa shape index (κ3) is 4.56. The van der Waals surface area contributed by atoms with E-state index >= 15 is 0 Å². The zero-order chi connectivity index (χ0) is 20.9. The van der Waals surface area contributed by atoms with Crippen molar-refractivity contribution in [2.24, 2.45) is 0 Å². The van der Waals surface area contributed by atoms with E-state index in [2.05, 4.69) is 10.2 Å². The van der Waals surface area contributed by atoms with Crippen molar-refractivity contribution >= 4 is 23.2 Å². The Morgan fingerprint density at radius 3 is 2.20 bits per heavy atom. The van der Waals surface area contributed by atoms with E-state index in [0.717, 1.165) is 31.6 Å². The maximum absolute atomic E-state index is 13.1. The van der Waals surface area contributed by atoms with Crippen LogP contribution in [-0.4, -0.2) is 67.4 Å². The molecule has 7 heteroatoms. The number of nitrogens with one attached hydrogen (secondary N) is 1. The third-order valence-corrected chi connectivity index (χ3v) is 5.80. The first-order chi connectivity index (χ1) is 14.6. The Morgan fingerprint density at radius 1 is 0.833 bits per heavy atom. The summed E-state index contributed by atoms with van der Waals surface area (Å²) in [5.74, 6) is -0.213. The smallest absolute Gasteiger partial charge is 0.255 e. The summed E-state index contributed by atoms with van der Waals surface area (Å²) in [4.78, 5) is 31.3. The minimum absolute atomic E-state index is 0.0113. The monoisotopic (exact) mass is 410 g/mol. The molecule has 0 radical (unpaired) electrons. The lowest BCUT2D eigenvalue weighted by atomic mass is 10.1. The lowest BCUT2D eigenvalue weighted by molar-refractivity contribution is -0.129. The molecule has 2 aromatic rings. The summed E-state index contributed by atoms with van der Waals surface area (Å²) in [5.41, 5.74) is 2.29. The third-order valence-electron chi connectivity index (χ3n) is 5.80. The van der Waals surface area contributed by atoms with Crippen LogP contribution in [0.25, 0.3) is 0 Å². The van der Waals surface area contributed by atoms with Gasteiger partial charge in [-0.25, -0.2) is 4.39 Å². The summed E-state index contributed by atoms with van der Waals surface area (Å²) in [7, 11) is 0. The second kappa shape index (κ2) is 9.15. The van der Waals surface area contributed by atoms with E-state index in [9.17, 15) is 14.0 Å². The van der Waals surface area contributed by atoms with Crippen molar-refractivity contribution < 1.29 is 14.0 Å². The molecule has 0 saturated carbocycles. The molecule has 0 bridgehead atoms. The number of likely N-dealkylation sites (tertiary alicyclic amines) is 1. The van der Waals surface area contributed by atoms with Crippen LogP contribution in [0.1, 0.15) is 23.2 Å². The SMILES string of the molecule is O=C(CNc1ccccc1C(=O)N1CCCC1)N1CCN(c2ccc(F)cc2)CC1. The molecule has 6 nitrogen and oxygen atoms in total. The largest absolute Gasteiger partial charge is 0.376 e. The van der Waals surface area contributed by atoms with Crippen molar-refractivity contribution in [3.63, 3.8) is 0 Å². The van der Waals surface area contributed by atoms with Crippen LogP contribution in [0.3, 0.4) is 0 Å². The first-order valence-electron chi connectivity index (χ1n) is 10.5. The molecule has 0 spiro atoms. The number of rotatable bonds is 5. The van der Waals surface area contributed by atoms with Crippen LogP contribution in [0.4, 0.5) is 15.8 Å². The number of para-hydroxylation sites is 1. The number of anilines is 2. The first-order valence-corrected chi connectivity index (χ1v) is 10.5. The summed E-state index contributed by atoms with van der Waals surface area (Å²) < 4.78 is 13.1. The van der Waals surface area contributed by atoms with Crippen LogP contribution >= 0.6 is 0 Å². The number of hydrogen-bond donors (Lipinski definition) is 1. The van der Waals surface area contributed by atoms with Crippen molar-refractivity contribution in [2.45, 2.75) is 12.8 Å². The molecule has 2 aliphatic rings. The van der Waals surface area contributed by atoms with Gasteiger partial charge in [-0.15, -0.1) is 0 Å². The van der Waals surface area contributed by atoms with Gasteiger partial charge in [-0.3, -0.25) is 9.59 Å². The molecular formula is C23H27FN4O2. The Bertz CT molecular complexity index is 888. The lowest BCUT2D eigenvalue weighted by Gasteiger charge is -2.36. The predicted octanol–water partition coefficient (Wildman–Crippen LogP) is 2.82. The topological polar surface area (TPSA) is 55.9 Å². The zero-order valence-corrected chi connectivity index (χ0v) is 17.0. The number of amides is 2. The lowest BCUT2D eigenvalue weighted by Crippen LogP contribution is -2.50. The van der Waals surface area contributed by atoms with E-state index in [-0.39, 0.29) is 24.2 Å². The maximum Gasteiger partial charge on any atom is 0.255 e. The van der Waals surface area contributed by atoms with Gasteiger partial charge in [0.1, 0.15) is 5.82 Å². The fraction of sp³-hybridized carbons (Fsp3) is 0.391. The highest BCUT2D eigenvalue weighted by Gasteiger charge is 2.23. The van der Waals surface area contributed by atoms with Gasteiger partial charge < -0.3 is 20.0 Å². The molecule has 30 heavy (non-hydrogen) atoms. The number of carbonyl (C=O) groups excluding carboxylic acids is 2. The van der Waals surface area contributed by atoms with Gasteiger partial charge in [0.05, 0.1) is 12.1 Å². The highest BCUT2D eigenvalue weighted by molar-refractivity contribution is 6.00. The number of hydrogen-bond acceptors (Lipinski definition) is 4. The van der Waals surface area contributed by atoms with Crippen LogP contribution in [0.2, 0.25) is 0 Å². The Labute approximate surface area is 176 Å². The van der Waals surface area contributed by atoms with E-state index < -0.39 is 0 Å². The average molecular weight is 410 g/mol. The van der Waals surface area contributed by atoms with E-state index in [1.807, 2.05) is 34.1 Å². The van der Waals surface area contributed by atoms with Crippen molar-refractivity contribution in [1.29, 1.82) is 0 Å². The minimum atomic E-state index is -0.248. The van der Waals surface area contributed by atoms with Crippen LogP contribution in [-0.2, 0) is 4.79 Å². The van der Waals surface area contributed by atoms with Crippen molar-refractivity contribution in [1.82, 2.24) is 9.80 Å². The van der Waals surface area contributed by atoms with Crippen LogP contribution in [0.15, 0.2) is 48.5 Å². The van der Waals surface area contributed by atoms with Crippen LogP contribution < -0.4 is 10.2 Å². The molecule has 0 aromatic heterocycles. The van der Waals surface area contributed by atoms with Gasteiger partial charge in [0.25, 0.3) is 5.91 Å². The zero-order valence-electron chi connectivity index (χ0n) is 17.0. The Hall–Kier alpha value is -3.09.